The Morgan fingerprint density at radius 1 is 1.29 bits per heavy atom. The molecule has 0 amide bonds. The van der Waals surface area contributed by atoms with Gasteiger partial charge in [-0.15, -0.1) is 0 Å². The van der Waals surface area contributed by atoms with E-state index in [0.29, 0.717) is 12.0 Å². The highest BCUT2D eigenvalue weighted by Gasteiger charge is 2.14. The molecule has 3 nitrogen and oxygen atoms in total. The third-order valence-electron chi connectivity index (χ3n) is 3.13. The maximum Gasteiger partial charge on any atom is 0.108 e. The highest BCUT2D eigenvalue weighted by atomic mass is 15.1. The van der Waals surface area contributed by atoms with Gasteiger partial charge in [0.2, 0.25) is 0 Å². The molecule has 1 aromatic heterocycles. The maximum absolute atomic E-state index is 4.43. The minimum absolute atomic E-state index is 0.541. The molecule has 0 spiro atoms. The molecule has 1 atom stereocenters. The fourth-order valence-electron chi connectivity index (χ4n) is 2.01. The lowest BCUT2D eigenvalue weighted by Crippen LogP contribution is -2.38. The predicted molar refractivity (Wildman–Crippen MR) is 73.1 cm³/mol. The van der Waals surface area contributed by atoms with E-state index in [-0.39, 0.29) is 0 Å². The third-order valence-corrected chi connectivity index (χ3v) is 3.13. The fourth-order valence-corrected chi connectivity index (χ4v) is 2.01. The van der Waals surface area contributed by atoms with Gasteiger partial charge in [0.15, 0.2) is 0 Å². The van der Waals surface area contributed by atoms with E-state index in [2.05, 4.69) is 48.8 Å². The first-order valence-corrected chi connectivity index (χ1v) is 6.92. The standard InChI is InChI=1S/C14H27N3/c1-5-7-14-16-9-10-17(14)11-13(12(3)4)15-8-6-2/h9-10,12-13,15H,5-8,11H2,1-4H3. The van der Waals surface area contributed by atoms with Crippen LogP contribution in [0.4, 0.5) is 0 Å². The van der Waals surface area contributed by atoms with Crippen LogP contribution in [0.3, 0.4) is 0 Å². The Kier molecular flexibility index (Phi) is 6.27. The largest absolute Gasteiger partial charge is 0.333 e. The van der Waals surface area contributed by atoms with Crippen LogP contribution in [0.1, 0.15) is 46.4 Å². The van der Waals surface area contributed by atoms with Gasteiger partial charge in [0, 0.05) is 31.4 Å². The molecule has 1 unspecified atom stereocenters. The summed E-state index contributed by atoms with van der Waals surface area (Å²) in [6, 6.07) is 0.541. The van der Waals surface area contributed by atoms with Gasteiger partial charge in [-0.3, -0.25) is 0 Å². The van der Waals surface area contributed by atoms with Gasteiger partial charge >= 0.3 is 0 Å². The van der Waals surface area contributed by atoms with Crippen molar-refractivity contribution < 1.29 is 0 Å². The summed E-state index contributed by atoms with van der Waals surface area (Å²) in [4.78, 5) is 4.43. The van der Waals surface area contributed by atoms with Crippen LogP contribution in [0.25, 0.3) is 0 Å². The molecule has 98 valence electrons. The van der Waals surface area contributed by atoms with Crippen LogP contribution >= 0.6 is 0 Å². The van der Waals surface area contributed by atoms with E-state index >= 15 is 0 Å². The van der Waals surface area contributed by atoms with Gasteiger partial charge in [0.25, 0.3) is 0 Å². The Bertz CT molecular complexity index is 304. The minimum atomic E-state index is 0.541. The lowest BCUT2D eigenvalue weighted by Gasteiger charge is -2.23. The SMILES string of the molecule is CCCNC(Cn1ccnc1CCC)C(C)C. The van der Waals surface area contributed by atoms with Crippen molar-refractivity contribution in [2.24, 2.45) is 5.92 Å². The van der Waals surface area contributed by atoms with E-state index in [1.807, 2.05) is 6.20 Å². The zero-order chi connectivity index (χ0) is 12.7. The first-order valence-electron chi connectivity index (χ1n) is 6.92. The molecular weight excluding hydrogens is 210 g/mol. The first kappa shape index (κ1) is 14.2. The third kappa shape index (κ3) is 4.50. The molecule has 1 heterocycles. The van der Waals surface area contributed by atoms with E-state index in [1.165, 1.54) is 12.2 Å². The zero-order valence-electron chi connectivity index (χ0n) is 11.7. The molecule has 1 N–H and O–H groups in total. The second-order valence-electron chi connectivity index (χ2n) is 5.05. The molecule has 1 aromatic rings. The van der Waals surface area contributed by atoms with Gasteiger partial charge in [0.1, 0.15) is 5.82 Å². The van der Waals surface area contributed by atoms with Gasteiger partial charge in [-0.05, 0) is 25.3 Å². The highest BCUT2D eigenvalue weighted by molar-refractivity contribution is 4.93. The summed E-state index contributed by atoms with van der Waals surface area (Å²) in [6.45, 7) is 11.1. The molecule has 0 aliphatic rings. The molecule has 1 rings (SSSR count). The van der Waals surface area contributed by atoms with Gasteiger partial charge in [-0.2, -0.15) is 0 Å². The van der Waals surface area contributed by atoms with E-state index in [1.54, 1.807) is 0 Å². The van der Waals surface area contributed by atoms with E-state index < -0.39 is 0 Å². The van der Waals surface area contributed by atoms with E-state index in [4.69, 9.17) is 0 Å². The quantitative estimate of drug-likeness (QED) is 0.753. The van der Waals surface area contributed by atoms with Crippen molar-refractivity contribution in [2.75, 3.05) is 6.54 Å². The van der Waals surface area contributed by atoms with Gasteiger partial charge < -0.3 is 9.88 Å². The van der Waals surface area contributed by atoms with Gasteiger partial charge in [-0.25, -0.2) is 4.98 Å². The van der Waals surface area contributed by atoms with Gasteiger partial charge in [0.05, 0.1) is 0 Å². The number of aryl methyl sites for hydroxylation is 1. The number of nitrogens with zero attached hydrogens (tertiary/aromatic N) is 2. The lowest BCUT2D eigenvalue weighted by atomic mass is 10.0. The number of hydrogen-bond donors (Lipinski definition) is 1. The first-order chi connectivity index (χ1) is 8.19. The molecular formula is C14H27N3. The lowest BCUT2D eigenvalue weighted by molar-refractivity contribution is 0.352. The molecule has 0 bridgehead atoms. The Hall–Kier alpha value is -0.830. The number of hydrogen-bond acceptors (Lipinski definition) is 2. The van der Waals surface area contributed by atoms with Crippen molar-refractivity contribution in [1.29, 1.82) is 0 Å². The summed E-state index contributed by atoms with van der Waals surface area (Å²) >= 11 is 0. The van der Waals surface area contributed by atoms with Crippen LogP contribution in [-0.2, 0) is 13.0 Å². The van der Waals surface area contributed by atoms with Gasteiger partial charge in [-0.1, -0.05) is 27.7 Å². The monoisotopic (exact) mass is 237 g/mol. The van der Waals surface area contributed by atoms with Crippen molar-refractivity contribution in [3.63, 3.8) is 0 Å². The number of nitrogens with one attached hydrogen (secondary N) is 1. The van der Waals surface area contributed by atoms with Crippen LogP contribution < -0.4 is 5.32 Å². The van der Waals surface area contributed by atoms with E-state index in [0.717, 1.165) is 25.9 Å². The summed E-state index contributed by atoms with van der Waals surface area (Å²) in [5.41, 5.74) is 0. The molecule has 3 heteroatoms. The number of rotatable bonds is 8. The molecule has 0 saturated carbocycles. The van der Waals surface area contributed by atoms with E-state index in [9.17, 15) is 0 Å². The highest BCUT2D eigenvalue weighted by Crippen LogP contribution is 2.08. The topological polar surface area (TPSA) is 29.9 Å². The number of imidazole rings is 1. The molecule has 0 saturated heterocycles. The van der Waals surface area contributed by atoms with Crippen molar-refractivity contribution >= 4 is 0 Å². The molecule has 0 aromatic carbocycles. The fraction of sp³-hybridized carbons (Fsp3) is 0.786. The molecule has 0 aliphatic heterocycles. The summed E-state index contributed by atoms with van der Waals surface area (Å²) < 4.78 is 2.30. The maximum atomic E-state index is 4.43. The average molecular weight is 237 g/mol. The summed E-state index contributed by atoms with van der Waals surface area (Å²) in [5, 5.41) is 3.63. The normalized spacial score (nSPS) is 13.2. The average Bonchev–Trinajstić information content (AvgIpc) is 2.72. The summed E-state index contributed by atoms with van der Waals surface area (Å²) in [5.74, 6) is 1.87. The predicted octanol–water partition coefficient (Wildman–Crippen LogP) is 2.86. The second kappa shape index (κ2) is 7.49. The Morgan fingerprint density at radius 3 is 2.65 bits per heavy atom. The van der Waals surface area contributed by atoms with Crippen molar-refractivity contribution in [3.05, 3.63) is 18.2 Å². The Labute approximate surface area is 106 Å². The molecule has 0 fully saturated rings. The minimum Gasteiger partial charge on any atom is -0.333 e. The van der Waals surface area contributed by atoms with Crippen LogP contribution in [-0.4, -0.2) is 22.1 Å². The molecule has 17 heavy (non-hydrogen) atoms. The zero-order valence-corrected chi connectivity index (χ0v) is 11.7. The van der Waals surface area contributed by atoms with Crippen molar-refractivity contribution in [2.45, 2.75) is 59.5 Å². The summed E-state index contributed by atoms with van der Waals surface area (Å²) in [6.07, 6.45) is 7.45. The number of aromatic nitrogens is 2. The van der Waals surface area contributed by atoms with Crippen LogP contribution in [0.2, 0.25) is 0 Å². The second-order valence-corrected chi connectivity index (χ2v) is 5.05. The smallest absolute Gasteiger partial charge is 0.108 e. The van der Waals surface area contributed by atoms with Crippen LogP contribution in [0.5, 0.6) is 0 Å². The van der Waals surface area contributed by atoms with Crippen molar-refractivity contribution in [1.82, 2.24) is 14.9 Å². The van der Waals surface area contributed by atoms with Crippen molar-refractivity contribution in [3.8, 4) is 0 Å². The Balaban J connectivity index is 2.61. The van der Waals surface area contributed by atoms with Crippen LogP contribution in [0, 0.1) is 5.92 Å². The Morgan fingerprint density at radius 2 is 2.06 bits per heavy atom. The molecule has 0 aliphatic carbocycles. The summed E-state index contributed by atoms with van der Waals surface area (Å²) in [7, 11) is 0. The van der Waals surface area contributed by atoms with Crippen LogP contribution in [0.15, 0.2) is 12.4 Å². The molecule has 0 radical (unpaired) electrons.